The van der Waals surface area contributed by atoms with E-state index in [0.29, 0.717) is 0 Å². The maximum absolute atomic E-state index is 4.35. The highest BCUT2D eigenvalue weighted by atomic mass is 16.6. The molecule has 0 aromatic carbocycles. The van der Waals surface area contributed by atoms with Gasteiger partial charge in [-0.1, -0.05) is 6.58 Å². The SMILES string of the molecule is C=CONC. The molecule has 0 aliphatic carbocycles. The van der Waals surface area contributed by atoms with Crippen LogP contribution in [-0.4, -0.2) is 7.05 Å². The number of hydrogen-bond donors (Lipinski definition) is 1. The lowest BCUT2D eigenvalue weighted by Gasteiger charge is -1.86. The third-order valence-electron chi connectivity index (χ3n) is 0.201. The van der Waals surface area contributed by atoms with Crippen LogP contribution in [0.25, 0.3) is 0 Å². The summed E-state index contributed by atoms with van der Waals surface area (Å²) in [5, 5.41) is 0. The van der Waals surface area contributed by atoms with Crippen molar-refractivity contribution in [2.75, 3.05) is 7.05 Å². The lowest BCUT2D eigenvalue weighted by molar-refractivity contribution is 0.159. The van der Waals surface area contributed by atoms with E-state index in [-0.39, 0.29) is 0 Å². The Labute approximate surface area is 31.4 Å². The molecule has 0 saturated heterocycles. The number of hydroxylamine groups is 1. The third-order valence-corrected chi connectivity index (χ3v) is 0.201. The van der Waals surface area contributed by atoms with Gasteiger partial charge in [-0.05, 0) is 0 Å². The predicted octanol–water partition coefficient (Wildman–Crippen LogP) is 0.281. The van der Waals surface area contributed by atoms with E-state index in [2.05, 4.69) is 16.9 Å². The smallest absolute Gasteiger partial charge is 0.104 e. The zero-order chi connectivity index (χ0) is 4.12. The second kappa shape index (κ2) is 3.50. The van der Waals surface area contributed by atoms with Gasteiger partial charge in [0.05, 0.1) is 0 Å². The molecule has 5 heavy (non-hydrogen) atoms. The molecule has 0 unspecified atom stereocenters. The molecule has 0 aromatic heterocycles. The minimum absolute atomic E-state index is 1.32. The topological polar surface area (TPSA) is 21.3 Å². The summed E-state index contributed by atoms with van der Waals surface area (Å²) in [6.45, 7) is 3.27. The number of nitrogens with one attached hydrogen (secondary N) is 1. The maximum atomic E-state index is 4.35. The first-order chi connectivity index (χ1) is 2.41. The first-order valence-corrected chi connectivity index (χ1v) is 1.35. The van der Waals surface area contributed by atoms with E-state index in [4.69, 9.17) is 0 Å². The summed E-state index contributed by atoms with van der Waals surface area (Å²) in [6.07, 6.45) is 1.32. The normalized spacial score (nSPS) is 6.60. The van der Waals surface area contributed by atoms with Crippen LogP contribution in [0.3, 0.4) is 0 Å². The molecule has 2 heteroatoms. The lowest BCUT2D eigenvalue weighted by Crippen LogP contribution is -1.99. The van der Waals surface area contributed by atoms with E-state index in [1.54, 1.807) is 7.05 Å². The Hall–Kier alpha value is -0.500. The van der Waals surface area contributed by atoms with Crippen LogP contribution in [0.2, 0.25) is 0 Å². The molecule has 0 atom stereocenters. The van der Waals surface area contributed by atoms with Crippen LogP contribution in [0.4, 0.5) is 0 Å². The molecule has 0 fully saturated rings. The largest absolute Gasteiger partial charge is 0.417 e. The number of hydrogen-bond acceptors (Lipinski definition) is 2. The van der Waals surface area contributed by atoms with Crippen molar-refractivity contribution in [1.82, 2.24) is 5.48 Å². The molecule has 0 radical (unpaired) electrons. The van der Waals surface area contributed by atoms with Crippen LogP contribution in [0, 0.1) is 0 Å². The van der Waals surface area contributed by atoms with Crippen molar-refractivity contribution in [3.63, 3.8) is 0 Å². The Morgan fingerprint density at radius 3 is 2.60 bits per heavy atom. The van der Waals surface area contributed by atoms with Gasteiger partial charge in [0.25, 0.3) is 0 Å². The monoisotopic (exact) mass is 73.1 g/mol. The van der Waals surface area contributed by atoms with Gasteiger partial charge in [0, 0.05) is 7.05 Å². The van der Waals surface area contributed by atoms with E-state index >= 15 is 0 Å². The van der Waals surface area contributed by atoms with Crippen molar-refractivity contribution >= 4 is 0 Å². The lowest BCUT2D eigenvalue weighted by atomic mass is 11.2. The van der Waals surface area contributed by atoms with Crippen molar-refractivity contribution in [3.05, 3.63) is 12.8 Å². The Bertz CT molecular complexity index is 28.1. The first-order valence-electron chi connectivity index (χ1n) is 1.35. The van der Waals surface area contributed by atoms with Crippen molar-refractivity contribution < 1.29 is 4.84 Å². The molecular weight excluding hydrogens is 66.0 g/mol. The summed E-state index contributed by atoms with van der Waals surface area (Å²) in [5.74, 6) is 0. The Kier molecular flexibility index (Phi) is 3.15. The van der Waals surface area contributed by atoms with Crippen LogP contribution in [0.1, 0.15) is 0 Å². The fraction of sp³-hybridized carbons (Fsp3) is 0.333. The van der Waals surface area contributed by atoms with Crippen LogP contribution >= 0.6 is 0 Å². The molecule has 0 bridgehead atoms. The summed E-state index contributed by atoms with van der Waals surface area (Å²) in [5.41, 5.74) is 2.40. The molecule has 0 aliphatic rings. The molecule has 0 amide bonds. The second-order valence-electron chi connectivity index (χ2n) is 0.489. The molecule has 0 aliphatic heterocycles. The molecule has 1 N–H and O–H groups in total. The summed E-state index contributed by atoms with van der Waals surface area (Å²) >= 11 is 0. The Morgan fingerprint density at radius 2 is 2.60 bits per heavy atom. The van der Waals surface area contributed by atoms with E-state index in [1.807, 2.05) is 0 Å². The van der Waals surface area contributed by atoms with Gasteiger partial charge < -0.3 is 4.84 Å². The van der Waals surface area contributed by atoms with Gasteiger partial charge in [-0.3, -0.25) is 0 Å². The molecule has 0 aromatic rings. The predicted molar refractivity (Wildman–Crippen MR) is 20.3 cm³/mol. The molecular formula is C3H7NO. The summed E-state index contributed by atoms with van der Waals surface area (Å²) < 4.78 is 0. The summed E-state index contributed by atoms with van der Waals surface area (Å²) in [7, 11) is 1.67. The zero-order valence-corrected chi connectivity index (χ0v) is 3.19. The average molecular weight is 73.1 g/mol. The first kappa shape index (κ1) is 4.50. The highest BCUT2D eigenvalue weighted by Crippen LogP contribution is 1.53. The van der Waals surface area contributed by atoms with Crippen molar-refractivity contribution in [2.24, 2.45) is 0 Å². The molecule has 0 spiro atoms. The van der Waals surface area contributed by atoms with Gasteiger partial charge in [-0.15, -0.1) is 0 Å². The zero-order valence-electron chi connectivity index (χ0n) is 3.19. The van der Waals surface area contributed by atoms with Crippen molar-refractivity contribution in [2.45, 2.75) is 0 Å². The van der Waals surface area contributed by atoms with Gasteiger partial charge in [0.1, 0.15) is 6.26 Å². The fourth-order valence-corrected chi connectivity index (χ4v) is 0.0833. The average Bonchev–Trinajstić information content (AvgIpc) is 1.41. The highest BCUT2D eigenvalue weighted by Gasteiger charge is 1.51. The Balaban J connectivity index is 2.40. The third kappa shape index (κ3) is 3.50. The van der Waals surface area contributed by atoms with Gasteiger partial charge in [0.15, 0.2) is 0 Å². The highest BCUT2D eigenvalue weighted by molar-refractivity contribution is 4.43. The van der Waals surface area contributed by atoms with Gasteiger partial charge >= 0.3 is 0 Å². The standard InChI is InChI=1S/C3H7NO/c1-3-5-4-2/h3-4H,1H2,2H3. The molecule has 0 saturated carbocycles. The van der Waals surface area contributed by atoms with Crippen LogP contribution in [-0.2, 0) is 4.84 Å². The second-order valence-corrected chi connectivity index (χ2v) is 0.489. The van der Waals surface area contributed by atoms with E-state index in [0.717, 1.165) is 0 Å². The maximum Gasteiger partial charge on any atom is 0.104 e. The van der Waals surface area contributed by atoms with E-state index in [9.17, 15) is 0 Å². The number of rotatable bonds is 2. The quantitative estimate of drug-likeness (QED) is 0.374. The van der Waals surface area contributed by atoms with E-state index in [1.165, 1.54) is 6.26 Å². The summed E-state index contributed by atoms with van der Waals surface area (Å²) in [4.78, 5) is 4.35. The molecule has 0 heterocycles. The minimum Gasteiger partial charge on any atom is -0.417 e. The molecule has 30 valence electrons. The summed E-state index contributed by atoms with van der Waals surface area (Å²) in [6, 6.07) is 0. The minimum atomic E-state index is 1.32. The van der Waals surface area contributed by atoms with Gasteiger partial charge in [-0.25, -0.2) is 0 Å². The Morgan fingerprint density at radius 1 is 2.00 bits per heavy atom. The fourth-order valence-electron chi connectivity index (χ4n) is 0.0833. The van der Waals surface area contributed by atoms with Gasteiger partial charge in [0.2, 0.25) is 0 Å². The van der Waals surface area contributed by atoms with Crippen LogP contribution < -0.4 is 5.48 Å². The van der Waals surface area contributed by atoms with Crippen molar-refractivity contribution in [1.29, 1.82) is 0 Å². The van der Waals surface area contributed by atoms with Crippen LogP contribution in [0.5, 0.6) is 0 Å². The van der Waals surface area contributed by atoms with Crippen molar-refractivity contribution in [3.8, 4) is 0 Å². The molecule has 0 rings (SSSR count). The van der Waals surface area contributed by atoms with Crippen LogP contribution in [0.15, 0.2) is 12.8 Å². The molecule has 2 nitrogen and oxygen atoms in total. The van der Waals surface area contributed by atoms with E-state index < -0.39 is 0 Å². The van der Waals surface area contributed by atoms with Gasteiger partial charge in [-0.2, -0.15) is 5.48 Å².